The lowest BCUT2D eigenvalue weighted by Crippen LogP contribution is -2.16. The zero-order chi connectivity index (χ0) is 15.5. The van der Waals surface area contributed by atoms with Crippen molar-refractivity contribution in [1.82, 2.24) is 10.2 Å². The molecule has 0 radical (unpaired) electrons. The molecule has 21 heavy (non-hydrogen) atoms. The molecule has 112 valence electrons. The largest absolute Gasteiger partial charge is 0.365 e. The summed E-state index contributed by atoms with van der Waals surface area (Å²) in [5, 5.41) is 10.9. The molecular formula is C14H16ClN3O2S. The van der Waals surface area contributed by atoms with E-state index < -0.39 is 15.1 Å². The van der Waals surface area contributed by atoms with Gasteiger partial charge in [-0.2, -0.15) is 0 Å². The molecule has 0 bridgehead atoms. The number of sulfone groups is 1. The zero-order valence-corrected chi connectivity index (χ0v) is 13.3. The van der Waals surface area contributed by atoms with Gasteiger partial charge in [0.15, 0.2) is 14.9 Å². The molecule has 0 saturated carbocycles. The lowest BCUT2D eigenvalue weighted by Gasteiger charge is -2.08. The second-order valence-corrected chi connectivity index (χ2v) is 7.72. The molecule has 5 nitrogen and oxygen atoms in total. The third kappa shape index (κ3) is 3.92. The van der Waals surface area contributed by atoms with Crippen molar-refractivity contribution in [2.75, 3.05) is 5.32 Å². The molecule has 2 rings (SSSR count). The molecule has 0 amide bonds. The SMILES string of the molecule is CC(C)S(=O)(=O)c1ccc(NCc2ccc(Cl)cc2)nn1. The second kappa shape index (κ2) is 6.41. The van der Waals surface area contributed by atoms with Gasteiger partial charge in [-0.15, -0.1) is 10.2 Å². The van der Waals surface area contributed by atoms with E-state index in [2.05, 4.69) is 15.5 Å². The Kier molecular flexibility index (Phi) is 4.80. The molecule has 1 heterocycles. The zero-order valence-electron chi connectivity index (χ0n) is 11.7. The van der Waals surface area contributed by atoms with Crippen LogP contribution in [0.1, 0.15) is 19.4 Å². The number of halogens is 1. The minimum Gasteiger partial charge on any atom is -0.365 e. The minimum atomic E-state index is -3.38. The van der Waals surface area contributed by atoms with Gasteiger partial charge < -0.3 is 5.32 Å². The van der Waals surface area contributed by atoms with Crippen molar-refractivity contribution in [3.8, 4) is 0 Å². The molecule has 0 saturated heterocycles. The number of hydrogen-bond acceptors (Lipinski definition) is 5. The van der Waals surface area contributed by atoms with E-state index in [-0.39, 0.29) is 5.03 Å². The fraction of sp³-hybridized carbons (Fsp3) is 0.286. The maximum absolute atomic E-state index is 11.9. The number of benzene rings is 1. The lowest BCUT2D eigenvalue weighted by molar-refractivity contribution is 0.581. The number of aromatic nitrogens is 2. The van der Waals surface area contributed by atoms with Gasteiger partial charge in [0.1, 0.15) is 5.82 Å². The predicted octanol–water partition coefficient (Wildman–Crippen LogP) is 2.92. The minimum absolute atomic E-state index is 0.00505. The average Bonchev–Trinajstić information content (AvgIpc) is 2.47. The number of nitrogens with one attached hydrogen (secondary N) is 1. The van der Waals surface area contributed by atoms with Crippen LogP contribution in [0.15, 0.2) is 41.4 Å². The van der Waals surface area contributed by atoms with Gasteiger partial charge in [0.2, 0.25) is 0 Å². The average molecular weight is 326 g/mol. The first-order valence-corrected chi connectivity index (χ1v) is 8.38. The number of rotatable bonds is 5. The highest BCUT2D eigenvalue weighted by molar-refractivity contribution is 7.91. The third-order valence-electron chi connectivity index (χ3n) is 2.94. The maximum atomic E-state index is 11.9. The van der Waals surface area contributed by atoms with Crippen molar-refractivity contribution in [3.05, 3.63) is 47.0 Å². The van der Waals surface area contributed by atoms with E-state index in [1.54, 1.807) is 19.9 Å². The predicted molar refractivity (Wildman–Crippen MR) is 83.1 cm³/mol. The van der Waals surface area contributed by atoms with Crippen molar-refractivity contribution in [3.63, 3.8) is 0 Å². The molecule has 0 fully saturated rings. The molecular weight excluding hydrogens is 310 g/mol. The van der Waals surface area contributed by atoms with Gasteiger partial charge in [-0.3, -0.25) is 0 Å². The monoisotopic (exact) mass is 325 g/mol. The topological polar surface area (TPSA) is 72.0 Å². The molecule has 7 heteroatoms. The molecule has 0 aliphatic heterocycles. The van der Waals surface area contributed by atoms with Gasteiger partial charge in [0.25, 0.3) is 0 Å². The summed E-state index contributed by atoms with van der Waals surface area (Å²) in [4.78, 5) is 0. The summed E-state index contributed by atoms with van der Waals surface area (Å²) < 4.78 is 23.8. The Morgan fingerprint density at radius 2 is 1.76 bits per heavy atom. The Hall–Kier alpha value is -1.66. The summed E-state index contributed by atoms with van der Waals surface area (Å²) >= 11 is 5.81. The van der Waals surface area contributed by atoms with E-state index >= 15 is 0 Å². The van der Waals surface area contributed by atoms with E-state index in [4.69, 9.17) is 11.6 Å². The number of anilines is 1. The van der Waals surface area contributed by atoms with Gasteiger partial charge in [-0.1, -0.05) is 23.7 Å². The van der Waals surface area contributed by atoms with Crippen molar-refractivity contribution in [1.29, 1.82) is 0 Å². The standard InChI is InChI=1S/C14H16ClN3O2S/c1-10(2)21(19,20)14-8-7-13(17-18-14)16-9-11-3-5-12(15)6-4-11/h3-8,10H,9H2,1-2H3,(H,16,17). The Morgan fingerprint density at radius 1 is 1.10 bits per heavy atom. The van der Waals surface area contributed by atoms with Crippen molar-refractivity contribution in [2.45, 2.75) is 30.7 Å². The highest BCUT2D eigenvalue weighted by Crippen LogP contribution is 2.15. The summed E-state index contributed by atoms with van der Waals surface area (Å²) in [6.45, 7) is 3.79. The molecule has 0 unspecified atom stereocenters. The maximum Gasteiger partial charge on any atom is 0.199 e. The van der Waals surface area contributed by atoms with Gasteiger partial charge in [-0.25, -0.2) is 8.42 Å². The third-order valence-corrected chi connectivity index (χ3v) is 5.23. The Labute approximate surface area is 129 Å². The van der Waals surface area contributed by atoms with Crippen molar-refractivity contribution < 1.29 is 8.42 Å². The van der Waals surface area contributed by atoms with Crippen LogP contribution in [0.3, 0.4) is 0 Å². The van der Waals surface area contributed by atoms with Crippen LogP contribution in [-0.4, -0.2) is 23.9 Å². The molecule has 0 aliphatic carbocycles. The van der Waals surface area contributed by atoms with Crippen LogP contribution < -0.4 is 5.32 Å². The van der Waals surface area contributed by atoms with Crippen LogP contribution in [0.4, 0.5) is 5.82 Å². The lowest BCUT2D eigenvalue weighted by atomic mass is 10.2. The summed E-state index contributed by atoms with van der Waals surface area (Å²) in [5.74, 6) is 0.521. The van der Waals surface area contributed by atoms with Crippen LogP contribution >= 0.6 is 11.6 Å². The summed E-state index contributed by atoms with van der Waals surface area (Å²) in [7, 11) is -3.38. The molecule has 0 spiro atoms. The van der Waals surface area contributed by atoms with Crippen LogP contribution in [0.2, 0.25) is 5.02 Å². The van der Waals surface area contributed by atoms with Gasteiger partial charge >= 0.3 is 0 Å². The first-order chi connectivity index (χ1) is 9.89. The molecule has 1 aromatic heterocycles. The fourth-order valence-corrected chi connectivity index (χ4v) is 2.62. The normalized spacial score (nSPS) is 11.6. The quantitative estimate of drug-likeness (QED) is 0.915. The Bertz CT molecular complexity index is 698. The fourth-order valence-electron chi connectivity index (χ4n) is 1.60. The molecule has 0 atom stereocenters. The molecule has 1 N–H and O–H groups in total. The molecule has 0 aliphatic rings. The first-order valence-electron chi connectivity index (χ1n) is 6.45. The van der Waals surface area contributed by atoms with Crippen molar-refractivity contribution >= 4 is 27.3 Å². The van der Waals surface area contributed by atoms with Crippen LogP contribution in [0.25, 0.3) is 0 Å². The van der Waals surface area contributed by atoms with Crippen LogP contribution in [0.5, 0.6) is 0 Å². The second-order valence-electron chi connectivity index (χ2n) is 4.83. The highest BCUT2D eigenvalue weighted by atomic mass is 35.5. The number of nitrogens with zero attached hydrogens (tertiary/aromatic N) is 2. The summed E-state index contributed by atoms with van der Waals surface area (Å²) in [5.41, 5.74) is 1.04. The van der Waals surface area contributed by atoms with E-state index in [1.807, 2.05) is 24.3 Å². The smallest absolute Gasteiger partial charge is 0.199 e. The van der Waals surface area contributed by atoms with Gasteiger partial charge in [0, 0.05) is 11.6 Å². The summed E-state index contributed by atoms with van der Waals surface area (Å²) in [6.07, 6.45) is 0. The van der Waals surface area contributed by atoms with Crippen molar-refractivity contribution in [2.24, 2.45) is 0 Å². The summed E-state index contributed by atoms with van der Waals surface area (Å²) in [6, 6.07) is 10.5. The first kappa shape index (κ1) is 15.7. The van der Waals surface area contributed by atoms with Crippen LogP contribution in [0, 0.1) is 0 Å². The van der Waals surface area contributed by atoms with Crippen LogP contribution in [-0.2, 0) is 16.4 Å². The Morgan fingerprint density at radius 3 is 2.29 bits per heavy atom. The van der Waals surface area contributed by atoms with E-state index in [1.165, 1.54) is 6.07 Å². The highest BCUT2D eigenvalue weighted by Gasteiger charge is 2.21. The van der Waals surface area contributed by atoms with E-state index in [9.17, 15) is 8.42 Å². The number of hydrogen-bond donors (Lipinski definition) is 1. The van der Waals surface area contributed by atoms with E-state index in [0.29, 0.717) is 17.4 Å². The van der Waals surface area contributed by atoms with E-state index in [0.717, 1.165) is 5.56 Å². The molecule has 2 aromatic rings. The van der Waals surface area contributed by atoms with Gasteiger partial charge in [-0.05, 0) is 43.7 Å². The Balaban J connectivity index is 2.05. The molecule has 1 aromatic carbocycles. The van der Waals surface area contributed by atoms with Gasteiger partial charge in [0.05, 0.1) is 5.25 Å².